The van der Waals surface area contributed by atoms with Crippen LogP contribution in [-0.4, -0.2) is 26.5 Å². The molecule has 29 heavy (non-hydrogen) atoms. The molecular formula is C22H25N5OS. The van der Waals surface area contributed by atoms with Crippen molar-refractivity contribution >= 4 is 27.2 Å². The maximum Gasteiger partial charge on any atom is 0.229 e. The van der Waals surface area contributed by atoms with Crippen molar-refractivity contribution < 1.29 is 4.21 Å². The molecule has 0 fully saturated rings. The topological polar surface area (TPSA) is 90.8 Å². The van der Waals surface area contributed by atoms with Crippen molar-refractivity contribution in [3.05, 3.63) is 71.9 Å². The van der Waals surface area contributed by atoms with E-state index in [-0.39, 0.29) is 0 Å². The van der Waals surface area contributed by atoms with Crippen LogP contribution < -0.4 is 10.6 Å². The second-order valence-corrected chi connectivity index (χ2v) is 9.45. The van der Waals surface area contributed by atoms with Gasteiger partial charge in [0.1, 0.15) is 5.82 Å². The Balaban J connectivity index is 1.60. The molecule has 3 N–H and O–H groups in total. The van der Waals surface area contributed by atoms with Gasteiger partial charge in [0.05, 0.1) is 9.73 Å². The third-order valence-electron chi connectivity index (χ3n) is 5.01. The van der Waals surface area contributed by atoms with E-state index >= 15 is 0 Å². The molecule has 3 aromatic rings. The Morgan fingerprint density at radius 1 is 1.03 bits per heavy atom. The van der Waals surface area contributed by atoms with Crippen molar-refractivity contribution in [3.8, 4) is 0 Å². The summed E-state index contributed by atoms with van der Waals surface area (Å²) in [6.07, 6.45) is 5.21. The maximum atomic E-state index is 12.8. The zero-order valence-corrected chi connectivity index (χ0v) is 17.0. The monoisotopic (exact) mass is 407 g/mol. The van der Waals surface area contributed by atoms with E-state index in [2.05, 4.69) is 44.9 Å². The van der Waals surface area contributed by atoms with Crippen LogP contribution in [0.25, 0.3) is 0 Å². The van der Waals surface area contributed by atoms with Crippen LogP contribution in [0.4, 0.5) is 17.5 Å². The van der Waals surface area contributed by atoms with E-state index in [0.29, 0.717) is 16.6 Å². The van der Waals surface area contributed by atoms with Gasteiger partial charge in [0.2, 0.25) is 5.95 Å². The Bertz CT molecular complexity index is 1080. The number of nitrogens with zero attached hydrogens (tertiary/aromatic N) is 2. The van der Waals surface area contributed by atoms with E-state index in [1.54, 1.807) is 12.1 Å². The Labute approximate surface area is 171 Å². The molecule has 4 rings (SSSR count). The zero-order valence-electron chi connectivity index (χ0n) is 16.2. The minimum atomic E-state index is -2.79. The third kappa shape index (κ3) is 4.92. The van der Waals surface area contributed by atoms with Crippen molar-refractivity contribution in [1.29, 1.82) is 4.78 Å². The number of nitrogens with one attached hydrogen (secondary N) is 3. The fraction of sp³-hybridized carbons (Fsp3) is 0.273. The fourth-order valence-corrected chi connectivity index (χ4v) is 4.85. The molecule has 1 aliphatic rings. The first-order chi connectivity index (χ1) is 14.1. The summed E-state index contributed by atoms with van der Waals surface area (Å²) in [5, 5.41) is 6.61. The molecule has 0 saturated carbocycles. The molecule has 0 aliphatic carbocycles. The Morgan fingerprint density at radius 3 is 2.76 bits per heavy atom. The largest absolute Gasteiger partial charge is 0.370 e. The van der Waals surface area contributed by atoms with Gasteiger partial charge in [-0.25, -0.2) is 14.0 Å². The molecule has 2 aromatic carbocycles. The quantitative estimate of drug-likeness (QED) is 0.589. The highest BCUT2D eigenvalue weighted by Gasteiger charge is 2.13. The molecule has 0 amide bonds. The normalized spacial score (nSPS) is 19.0. The first-order valence-electron chi connectivity index (χ1n) is 9.87. The van der Waals surface area contributed by atoms with E-state index in [9.17, 15) is 4.21 Å². The average Bonchev–Trinajstić information content (AvgIpc) is 2.74. The summed E-state index contributed by atoms with van der Waals surface area (Å²) in [7, 11) is -2.79. The molecule has 7 heteroatoms. The van der Waals surface area contributed by atoms with Gasteiger partial charge >= 0.3 is 0 Å². The minimum Gasteiger partial charge on any atom is -0.370 e. The molecule has 4 bridgehead atoms. The van der Waals surface area contributed by atoms with Crippen molar-refractivity contribution in [2.75, 3.05) is 22.9 Å². The molecule has 2 heterocycles. The number of hydrogen-bond donors (Lipinski definition) is 3. The van der Waals surface area contributed by atoms with Gasteiger partial charge in [-0.2, -0.15) is 4.98 Å². The van der Waals surface area contributed by atoms with Gasteiger partial charge < -0.3 is 10.6 Å². The molecule has 1 unspecified atom stereocenters. The van der Waals surface area contributed by atoms with E-state index in [4.69, 9.17) is 4.78 Å². The molecule has 6 nitrogen and oxygen atoms in total. The summed E-state index contributed by atoms with van der Waals surface area (Å²) in [5.74, 6) is 1.69. The first kappa shape index (κ1) is 19.4. The summed E-state index contributed by atoms with van der Waals surface area (Å²) in [6, 6.07) is 17.6. The van der Waals surface area contributed by atoms with Crippen LogP contribution in [0.5, 0.6) is 0 Å². The van der Waals surface area contributed by atoms with Crippen LogP contribution in [0, 0.1) is 4.78 Å². The van der Waals surface area contributed by atoms with Gasteiger partial charge in [0.15, 0.2) is 0 Å². The van der Waals surface area contributed by atoms with Gasteiger partial charge in [-0.1, -0.05) is 36.4 Å². The summed E-state index contributed by atoms with van der Waals surface area (Å²) < 4.78 is 21.0. The highest BCUT2D eigenvalue weighted by molar-refractivity contribution is 7.92. The van der Waals surface area contributed by atoms with Gasteiger partial charge in [0.25, 0.3) is 0 Å². The Hall–Kier alpha value is -2.93. The Morgan fingerprint density at radius 2 is 1.90 bits per heavy atom. The van der Waals surface area contributed by atoms with E-state index < -0.39 is 9.73 Å². The summed E-state index contributed by atoms with van der Waals surface area (Å²) in [5.41, 5.74) is 3.10. The van der Waals surface area contributed by atoms with Crippen molar-refractivity contribution in [3.63, 3.8) is 0 Å². The molecule has 150 valence electrons. The smallest absolute Gasteiger partial charge is 0.229 e. The lowest BCUT2D eigenvalue weighted by Gasteiger charge is -2.13. The first-order valence-corrected chi connectivity index (χ1v) is 11.6. The zero-order chi connectivity index (χ0) is 20.1. The van der Waals surface area contributed by atoms with Crippen LogP contribution in [0.3, 0.4) is 0 Å². The van der Waals surface area contributed by atoms with Crippen LogP contribution in [0.2, 0.25) is 0 Å². The third-order valence-corrected chi connectivity index (χ3v) is 6.89. The fourth-order valence-electron chi connectivity index (χ4n) is 3.39. The molecule has 1 aromatic heterocycles. The molecule has 1 atom stereocenters. The molecular weight excluding hydrogens is 382 g/mol. The lowest BCUT2D eigenvalue weighted by Crippen LogP contribution is -2.10. The summed E-state index contributed by atoms with van der Waals surface area (Å²) >= 11 is 0. The lowest BCUT2D eigenvalue weighted by atomic mass is 10.1. The van der Waals surface area contributed by atoms with Crippen molar-refractivity contribution in [1.82, 2.24) is 9.97 Å². The molecule has 1 aliphatic heterocycles. The van der Waals surface area contributed by atoms with Gasteiger partial charge in [-0.05, 0) is 49.4 Å². The second kappa shape index (κ2) is 8.61. The number of aromatic nitrogens is 2. The van der Waals surface area contributed by atoms with E-state index in [1.807, 2.05) is 24.4 Å². The standard InChI is InChI=1S/C22H25N5OS/c23-29(28)14-5-4-13-24-21-18(12-11-17-7-2-1-3-8-17)16-25-22(27-21)26-19-9-6-10-20(29)15-19/h1-3,6-10,15-16,23H,4-5,11-14H2,(H2,24,25,26,27). The predicted octanol–water partition coefficient (Wildman–Crippen LogP) is 4.62. The highest BCUT2D eigenvalue weighted by atomic mass is 32.2. The highest BCUT2D eigenvalue weighted by Crippen LogP contribution is 2.23. The number of rotatable bonds is 3. The number of aryl methyl sites for hydroxylation is 2. The number of benzene rings is 2. The number of hydrogen-bond acceptors (Lipinski definition) is 6. The maximum absolute atomic E-state index is 12.8. The van der Waals surface area contributed by atoms with E-state index in [1.165, 1.54) is 5.56 Å². The number of anilines is 3. The Kier molecular flexibility index (Phi) is 5.76. The molecule has 0 radical (unpaired) electrons. The van der Waals surface area contributed by atoms with Crippen LogP contribution in [0.1, 0.15) is 24.0 Å². The van der Waals surface area contributed by atoms with Gasteiger partial charge in [-0.3, -0.25) is 0 Å². The predicted molar refractivity (Wildman–Crippen MR) is 117 cm³/mol. The van der Waals surface area contributed by atoms with Crippen LogP contribution >= 0.6 is 0 Å². The lowest BCUT2D eigenvalue weighted by molar-refractivity contribution is 0.670. The second-order valence-electron chi connectivity index (χ2n) is 7.22. The molecule has 0 saturated heterocycles. The molecule has 0 spiro atoms. The van der Waals surface area contributed by atoms with Gasteiger partial charge in [-0.15, -0.1) is 0 Å². The van der Waals surface area contributed by atoms with Crippen LogP contribution in [0.15, 0.2) is 65.7 Å². The number of fused-ring (bicyclic) bond motifs is 4. The average molecular weight is 408 g/mol. The SMILES string of the molecule is N=S1(=O)CCCCNc2nc(ncc2CCc2ccccc2)Nc2cccc1c2. The van der Waals surface area contributed by atoms with Crippen molar-refractivity contribution in [2.24, 2.45) is 0 Å². The van der Waals surface area contributed by atoms with Crippen LogP contribution in [-0.2, 0) is 22.6 Å². The minimum absolute atomic E-state index is 0.363. The van der Waals surface area contributed by atoms with Gasteiger partial charge in [0, 0.05) is 34.6 Å². The summed E-state index contributed by atoms with van der Waals surface area (Å²) in [4.78, 5) is 9.72. The van der Waals surface area contributed by atoms with E-state index in [0.717, 1.165) is 49.3 Å². The van der Waals surface area contributed by atoms with Crippen molar-refractivity contribution in [2.45, 2.75) is 30.6 Å². The summed E-state index contributed by atoms with van der Waals surface area (Å²) in [6.45, 7) is 0.724.